The van der Waals surface area contributed by atoms with Crippen LogP contribution in [-0.4, -0.2) is 43.9 Å². The average molecular weight is 367 g/mol. The lowest BCUT2D eigenvalue weighted by Crippen LogP contribution is -2.27. The first-order valence-electron chi connectivity index (χ1n) is 8.88. The van der Waals surface area contributed by atoms with Crippen LogP contribution in [0, 0.1) is 0 Å². The molecule has 0 aliphatic carbocycles. The fourth-order valence-corrected chi connectivity index (χ4v) is 2.15. The molecule has 0 aromatic heterocycles. The van der Waals surface area contributed by atoms with Gasteiger partial charge in [-0.1, -0.05) is 25.1 Å². The minimum absolute atomic E-state index is 0.0296. The summed E-state index contributed by atoms with van der Waals surface area (Å²) >= 11 is 0. The van der Waals surface area contributed by atoms with E-state index < -0.39 is 0 Å². The second-order valence-corrected chi connectivity index (χ2v) is 6.22. The normalized spacial score (nSPS) is 10.6. The third kappa shape index (κ3) is 6.62. The van der Waals surface area contributed by atoms with Crippen molar-refractivity contribution in [2.75, 3.05) is 27.3 Å². The van der Waals surface area contributed by atoms with Crippen molar-refractivity contribution in [2.45, 2.75) is 13.3 Å². The van der Waals surface area contributed by atoms with E-state index >= 15 is 0 Å². The Morgan fingerprint density at radius 1 is 0.926 bits per heavy atom. The van der Waals surface area contributed by atoms with Crippen LogP contribution in [0.3, 0.4) is 0 Å². The summed E-state index contributed by atoms with van der Waals surface area (Å²) in [6, 6.07) is 14.3. The van der Waals surface area contributed by atoms with Gasteiger partial charge >= 0.3 is 0 Å². The Labute approximate surface area is 160 Å². The molecular formula is C22H25NO4. The van der Waals surface area contributed by atoms with Gasteiger partial charge in [-0.2, -0.15) is 0 Å². The molecule has 0 aliphatic heterocycles. The van der Waals surface area contributed by atoms with Gasteiger partial charge in [0.25, 0.3) is 5.91 Å². The molecule has 142 valence electrons. The number of allylic oxidation sites excluding steroid dienone is 1. The molecule has 0 unspecified atom stereocenters. The highest BCUT2D eigenvalue weighted by atomic mass is 16.5. The highest BCUT2D eigenvalue weighted by molar-refractivity contribution is 6.06. The van der Waals surface area contributed by atoms with E-state index in [9.17, 15) is 9.59 Å². The highest BCUT2D eigenvalue weighted by Gasteiger charge is 2.06. The SMILES string of the molecule is CCCOc1ccc(C=CC(=O)c2ccc(OCC(=O)N(C)C)cc2)cc1. The summed E-state index contributed by atoms with van der Waals surface area (Å²) in [4.78, 5) is 25.3. The fraction of sp³-hybridized carbons (Fsp3) is 0.273. The summed E-state index contributed by atoms with van der Waals surface area (Å²) in [5.41, 5.74) is 1.48. The second kappa shape index (κ2) is 10.2. The number of likely N-dealkylation sites (N-methyl/N-ethyl adjacent to an activating group) is 1. The molecule has 0 aliphatic rings. The Balaban J connectivity index is 1.91. The van der Waals surface area contributed by atoms with Crippen LogP contribution < -0.4 is 9.47 Å². The minimum atomic E-state index is -0.121. The summed E-state index contributed by atoms with van der Waals surface area (Å²) in [6.45, 7) is 2.72. The minimum Gasteiger partial charge on any atom is -0.494 e. The van der Waals surface area contributed by atoms with Crippen molar-refractivity contribution in [1.82, 2.24) is 4.90 Å². The van der Waals surface area contributed by atoms with Gasteiger partial charge in [0.1, 0.15) is 11.5 Å². The number of ketones is 1. The number of hydrogen-bond donors (Lipinski definition) is 0. The molecule has 0 radical (unpaired) electrons. The molecule has 27 heavy (non-hydrogen) atoms. The number of ether oxygens (including phenoxy) is 2. The van der Waals surface area contributed by atoms with Crippen molar-refractivity contribution < 1.29 is 19.1 Å². The lowest BCUT2D eigenvalue weighted by atomic mass is 10.1. The van der Waals surface area contributed by atoms with Crippen molar-refractivity contribution in [3.8, 4) is 11.5 Å². The molecule has 0 bridgehead atoms. The fourth-order valence-electron chi connectivity index (χ4n) is 2.15. The summed E-state index contributed by atoms with van der Waals surface area (Å²) in [6.07, 6.45) is 4.27. The molecule has 0 heterocycles. The van der Waals surface area contributed by atoms with E-state index in [0.29, 0.717) is 17.9 Å². The first kappa shape index (κ1) is 20.2. The van der Waals surface area contributed by atoms with Crippen LogP contribution >= 0.6 is 0 Å². The third-order valence-electron chi connectivity index (χ3n) is 3.78. The van der Waals surface area contributed by atoms with E-state index in [1.54, 1.807) is 44.4 Å². The zero-order chi connectivity index (χ0) is 19.6. The summed E-state index contributed by atoms with van der Waals surface area (Å²) in [5.74, 6) is 1.15. The zero-order valence-electron chi connectivity index (χ0n) is 16.0. The third-order valence-corrected chi connectivity index (χ3v) is 3.78. The largest absolute Gasteiger partial charge is 0.494 e. The molecule has 5 heteroatoms. The molecule has 2 aromatic carbocycles. The maximum atomic E-state index is 12.3. The number of amides is 1. The molecule has 0 fully saturated rings. The standard InChI is InChI=1S/C22H25NO4/c1-4-15-26-19-10-5-17(6-11-19)7-14-21(24)18-8-12-20(13-9-18)27-16-22(25)23(2)3/h5-14H,4,15-16H2,1-3H3. The first-order valence-corrected chi connectivity index (χ1v) is 8.88. The van der Waals surface area contributed by atoms with Crippen molar-refractivity contribution in [1.29, 1.82) is 0 Å². The molecule has 5 nitrogen and oxygen atoms in total. The molecule has 0 saturated heterocycles. The van der Waals surface area contributed by atoms with Gasteiger partial charge in [-0.25, -0.2) is 0 Å². The van der Waals surface area contributed by atoms with Gasteiger partial charge in [-0.3, -0.25) is 9.59 Å². The van der Waals surface area contributed by atoms with Gasteiger partial charge < -0.3 is 14.4 Å². The predicted molar refractivity (Wildman–Crippen MR) is 106 cm³/mol. The maximum absolute atomic E-state index is 12.3. The van der Waals surface area contributed by atoms with Gasteiger partial charge in [-0.15, -0.1) is 0 Å². The van der Waals surface area contributed by atoms with E-state index in [-0.39, 0.29) is 18.3 Å². The van der Waals surface area contributed by atoms with Crippen LogP contribution in [0.1, 0.15) is 29.3 Å². The van der Waals surface area contributed by atoms with Crippen LogP contribution in [0.5, 0.6) is 11.5 Å². The molecule has 2 rings (SSSR count). The molecule has 0 N–H and O–H groups in total. The van der Waals surface area contributed by atoms with Crippen LogP contribution in [0.4, 0.5) is 0 Å². The number of carbonyl (C=O) groups is 2. The van der Waals surface area contributed by atoms with E-state index in [2.05, 4.69) is 6.92 Å². The smallest absolute Gasteiger partial charge is 0.259 e. The molecule has 0 atom stereocenters. The van der Waals surface area contributed by atoms with E-state index in [0.717, 1.165) is 17.7 Å². The van der Waals surface area contributed by atoms with Crippen molar-refractivity contribution in [2.24, 2.45) is 0 Å². The van der Waals surface area contributed by atoms with E-state index in [4.69, 9.17) is 9.47 Å². The lowest BCUT2D eigenvalue weighted by molar-refractivity contribution is -0.130. The number of nitrogens with zero attached hydrogens (tertiary/aromatic N) is 1. The van der Waals surface area contributed by atoms with Gasteiger partial charge in [0.15, 0.2) is 12.4 Å². The maximum Gasteiger partial charge on any atom is 0.259 e. The lowest BCUT2D eigenvalue weighted by Gasteiger charge is -2.11. The summed E-state index contributed by atoms with van der Waals surface area (Å²) in [5, 5.41) is 0. The Morgan fingerprint density at radius 2 is 1.52 bits per heavy atom. The van der Waals surface area contributed by atoms with E-state index in [1.807, 2.05) is 24.3 Å². The van der Waals surface area contributed by atoms with Crippen molar-refractivity contribution in [3.63, 3.8) is 0 Å². The average Bonchev–Trinajstić information content (AvgIpc) is 2.69. The number of hydrogen-bond acceptors (Lipinski definition) is 4. The van der Waals surface area contributed by atoms with Crippen LogP contribution in [0.2, 0.25) is 0 Å². The number of benzene rings is 2. The first-order chi connectivity index (χ1) is 13.0. The zero-order valence-corrected chi connectivity index (χ0v) is 16.0. The van der Waals surface area contributed by atoms with Gasteiger partial charge in [0, 0.05) is 19.7 Å². The summed E-state index contributed by atoms with van der Waals surface area (Å²) < 4.78 is 10.9. The molecule has 0 spiro atoms. The van der Waals surface area contributed by atoms with Crippen molar-refractivity contribution in [3.05, 3.63) is 65.7 Å². The van der Waals surface area contributed by atoms with Gasteiger partial charge in [0.05, 0.1) is 6.61 Å². The Hall–Kier alpha value is -3.08. The van der Waals surface area contributed by atoms with Gasteiger partial charge in [0.2, 0.25) is 0 Å². The summed E-state index contributed by atoms with van der Waals surface area (Å²) in [7, 11) is 3.34. The predicted octanol–water partition coefficient (Wildman–Crippen LogP) is 3.84. The topological polar surface area (TPSA) is 55.8 Å². The molecule has 2 aromatic rings. The molecule has 1 amide bonds. The highest BCUT2D eigenvalue weighted by Crippen LogP contribution is 2.15. The van der Waals surface area contributed by atoms with E-state index in [1.165, 1.54) is 11.0 Å². The van der Waals surface area contributed by atoms with Crippen LogP contribution in [0.25, 0.3) is 6.08 Å². The Morgan fingerprint density at radius 3 is 2.11 bits per heavy atom. The van der Waals surface area contributed by atoms with Gasteiger partial charge in [-0.05, 0) is 54.5 Å². The Kier molecular flexibility index (Phi) is 7.62. The molecular weight excluding hydrogens is 342 g/mol. The van der Waals surface area contributed by atoms with Crippen LogP contribution in [-0.2, 0) is 4.79 Å². The molecule has 0 saturated carbocycles. The van der Waals surface area contributed by atoms with Crippen LogP contribution in [0.15, 0.2) is 54.6 Å². The monoisotopic (exact) mass is 367 g/mol. The van der Waals surface area contributed by atoms with Crippen molar-refractivity contribution >= 4 is 17.8 Å². The second-order valence-electron chi connectivity index (χ2n) is 6.22. The Bertz CT molecular complexity index is 777. The quantitative estimate of drug-likeness (QED) is 0.499. The number of rotatable bonds is 9. The number of carbonyl (C=O) groups excluding carboxylic acids is 2.